The van der Waals surface area contributed by atoms with Gasteiger partial charge in [0.2, 0.25) is 0 Å². The Morgan fingerprint density at radius 3 is 2.44 bits per heavy atom. The van der Waals surface area contributed by atoms with Crippen molar-refractivity contribution in [2.75, 3.05) is 11.9 Å². The number of carbonyl (C=O) groups is 1. The molecular weight excluding hydrogens is 314 g/mol. The molecule has 2 aromatic rings. The molecule has 25 heavy (non-hydrogen) atoms. The number of hydrogen-bond acceptors (Lipinski definition) is 4. The molecule has 0 aliphatic carbocycles. The number of rotatable bonds is 5. The fraction of sp³-hybridized carbons (Fsp3) is 0.150. The molecule has 0 heterocycles. The van der Waals surface area contributed by atoms with E-state index in [0.717, 1.165) is 11.1 Å². The molecule has 0 radical (unpaired) electrons. The van der Waals surface area contributed by atoms with Gasteiger partial charge in [0.15, 0.2) is 6.61 Å². The van der Waals surface area contributed by atoms with Crippen molar-refractivity contribution >= 4 is 17.7 Å². The van der Waals surface area contributed by atoms with Gasteiger partial charge in [-0.05, 0) is 60.9 Å². The molecule has 124 valence electrons. The fourth-order valence-corrected chi connectivity index (χ4v) is 2.11. The van der Waals surface area contributed by atoms with Crippen molar-refractivity contribution in [3.05, 3.63) is 64.7 Å². The summed E-state index contributed by atoms with van der Waals surface area (Å²) >= 11 is 0. The van der Waals surface area contributed by atoms with Crippen LogP contribution in [-0.4, -0.2) is 12.5 Å². The molecule has 0 aliphatic heterocycles. The van der Waals surface area contributed by atoms with E-state index in [2.05, 4.69) is 5.32 Å². The molecular formula is C20H17N3O2. The third kappa shape index (κ3) is 4.95. The van der Waals surface area contributed by atoms with Crippen molar-refractivity contribution in [2.24, 2.45) is 0 Å². The Kier molecular flexibility index (Phi) is 5.92. The van der Waals surface area contributed by atoms with Crippen LogP contribution in [-0.2, 0) is 4.79 Å². The van der Waals surface area contributed by atoms with E-state index in [4.69, 9.17) is 10.00 Å². The molecule has 0 saturated heterocycles. The van der Waals surface area contributed by atoms with Crippen LogP contribution >= 0.6 is 0 Å². The number of nitrogens with zero attached hydrogens (tertiary/aromatic N) is 2. The van der Waals surface area contributed by atoms with Crippen molar-refractivity contribution < 1.29 is 9.53 Å². The van der Waals surface area contributed by atoms with E-state index < -0.39 is 5.91 Å². The van der Waals surface area contributed by atoms with Gasteiger partial charge in [0, 0.05) is 5.69 Å². The first-order valence-electron chi connectivity index (χ1n) is 7.63. The monoisotopic (exact) mass is 331 g/mol. The van der Waals surface area contributed by atoms with Gasteiger partial charge in [-0.3, -0.25) is 4.79 Å². The van der Waals surface area contributed by atoms with Crippen molar-refractivity contribution in [2.45, 2.75) is 13.8 Å². The van der Waals surface area contributed by atoms with Gasteiger partial charge in [-0.2, -0.15) is 10.5 Å². The number of benzene rings is 2. The molecule has 5 nitrogen and oxygen atoms in total. The Bertz CT molecular complexity index is 885. The van der Waals surface area contributed by atoms with E-state index in [1.165, 1.54) is 6.08 Å². The highest BCUT2D eigenvalue weighted by atomic mass is 16.5. The number of nitrogens with one attached hydrogen (secondary N) is 1. The average Bonchev–Trinajstić information content (AvgIpc) is 2.62. The minimum atomic E-state index is -0.462. The number of amides is 1. The van der Waals surface area contributed by atoms with E-state index in [1.54, 1.807) is 30.3 Å². The van der Waals surface area contributed by atoms with Gasteiger partial charge in [0.05, 0.1) is 0 Å². The first-order chi connectivity index (χ1) is 12.0. The standard InChI is InChI=1S/C20H17N3O2/c1-14-3-6-18(11-15(14)2)23-20(24)17(13-22)12-16-4-7-19(8-5-16)25-10-9-21/h3-8,11-12H,10H2,1-2H3,(H,23,24)/b17-12+. The Morgan fingerprint density at radius 1 is 1.12 bits per heavy atom. The lowest BCUT2D eigenvalue weighted by Crippen LogP contribution is -2.13. The van der Waals surface area contributed by atoms with Crippen LogP contribution in [0.4, 0.5) is 5.69 Å². The van der Waals surface area contributed by atoms with Gasteiger partial charge < -0.3 is 10.1 Å². The Morgan fingerprint density at radius 2 is 1.84 bits per heavy atom. The maximum absolute atomic E-state index is 12.3. The molecule has 0 saturated carbocycles. The molecule has 0 aliphatic rings. The highest BCUT2D eigenvalue weighted by molar-refractivity contribution is 6.09. The lowest BCUT2D eigenvalue weighted by atomic mass is 10.1. The van der Waals surface area contributed by atoms with Crippen LogP contribution in [0.5, 0.6) is 5.75 Å². The topological polar surface area (TPSA) is 85.9 Å². The quantitative estimate of drug-likeness (QED) is 0.668. The van der Waals surface area contributed by atoms with Gasteiger partial charge in [-0.15, -0.1) is 0 Å². The third-order valence-electron chi connectivity index (χ3n) is 3.62. The van der Waals surface area contributed by atoms with Crippen molar-refractivity contribution in [1.29, 1.82) is 10.5 Å². The van der Waals surface area contributed by atoms with Crippen LogP contribution in [0.1, 0.15) is 16.7 Å². The molecule has 0 bridgehead atoms. The minimum Gasteiger partial charge on any atom is -0.479 e. The second-order valence-corrected chi connectivity index (χ2v) is 5.44. The van der Waals surface area contributed by atoms with Crippen LogP contribution in [0.3, 0.4) is 0 Å². The van der Waals surface area contributed by atoms with Crippen LogP contribution in [0.25, 0.3) is 6.08 Å². The summed E-state index contributed by atoms with van der Waals surface area (Å²) in [6, 6.07) is 16.2. The number of nitriles is 2. The number of hydrogen-bond donors (Lipinski definition) is 1. The fourth-order valence-electron chi connectivity index (χ4n) is 2.11. The van der Waals surface area contributed by atoms with Gasteiger partial charge in [0.1, 0.15) is 23.5 Å². The van der Waals surface area contributed by atoms with Crippen LogP contribution in [0.2, 0.25) is 0 Å². The molecule has 0 fully saturated rings. The predicted octanol–water partition coefficient (Wildman–Crippen LogP) is 3.75. The zero-order valence-corrected chi connectivity index (χ0v) is 14.0. The highest BCUT2D eigenvalue weighted by Crippen LogP contribution is 2.17. The molecule has 1 N–H and O–H groups in total. The van der Waals surface area contributed by atoms with Gasteiger partial charge in [-0.1, -0.05) is 18.2 Å². The van der Waals surface area contributed by atoms with Crippen LogP contribution in [0, 0.1) is 36.5 Å². The minimum absolute atomic E-state index is 0.00363. The van der Waals surface area contributed by atoms with E-state index in [0.29, 0.717) is 17.0 Å². The normalized spacial score (nSPS) is 10.5. The van der Waals surface area contributed by atoms with Crippen molar-refractivity contribution in [1.82, 2.24) is 0 Å². The summed E-state index contributed by atoms with van der Waals surface area (Å²) in [4.78, 5) is 12.3. The number of aryl methyl sites for hydroxylation is 2. The second-order valence-electron chi connectivity index (χ2n) is 5.44. The molecule has 0 atom stereocenters. The van der Waals surface area contributed by atoms with E-state index in [9.17, 15) is 10.1 Å². The Hall–Kier alpha value is -3.57. The summed E-state index contributed by atoms with van der Waals surface area (Å²) in [5.74, 6) is 0.0901. The van der Waals surface area contributed by atoms with Gasteiger partial charge >= 0.3 is 0 Å². The first-order valence-corrected chi connectivity index (χ1v) is 7.63. The summed E-state index contributed by atoms with van der Waals surface area (Å²) in [5.41, 5.74) is 3.54. The van der Waals surface area contributed by atoms with E-state index in [1.807, 2.05) is 38.1 Å². The smallest absolute Gasteiger partial charge is 0.266 e. The SMILES string of the molecule is Cc1ccc(NC(=O)/C(C#N)=C/c2ccc(OCC#N)cc2)cc1C. The first kappa shape index (κ1) is 17.8. The summed E-state index contributed by atoms with van der Waals surface area (Å²) in [6.45, 7) is 3.92. The molecule has 2 rings (SSSR count). The summed E-state index contributed by atoms with van der Waals surface area (Å²) in [5, 5.41) is 20.5. The molecule has 0 spiro atoms. The van der Waals surface area contributed by atoms with Gasteiger partial charge in [0.25, 0.3) is 5.91 Å². The molecule has 5 heteroatoms. The molecule has 1 amide bonds. The van der Waals surface area contributed by atoms with Crippen molar-refractivity contribution in [3.8, 4) is 17.9 Å². The molecule has 0 aromatic heterocycles. The largest absolute Gasteiger partial charge is 0.479 e. The van der Waals surface area contributed by atoms with Crippen LogP contribution < -0.4 is 10.1 Å². The maximum Gasteiger partial charge on any atom is 0.266 e. The van der Waals surface area contributed by atoms with E-state index in [-0.39, 0.29) is 12.2 Å². The second kappa shape index (κ2) is 8.33. The Balaban J connectivity index is 2.13. The maximum atomic E-state index is 12.3. The van der Waals surface area contributed by atoms with E-state index >= 15 is 0 Å². The predicted molar refractivity (Wildman–Crippen MR) is 95.7 cm³/mol. The zero-order chi connectivity index (χ0) is 18.2. The number of carbonyl (C=O) groups excluding carboxylic acids is 1. The van der Waals surface area contributed by atoms with Gasteiger partial charge in [-0.25, -0.2) is 0 Å². The molecule has 0 unspecified atom stereocenters. The summed E-state index contributed by atoms with van der Waals surface area (Å²) in [7, 11) is 0. The average molecular weight is 331 g/mol. The number of ether oxygens (including phenoxy) is 1. The van der Waals surface area contributed by atoms with Crippen LogP contribution in [0.15, 0.2) is 48.0 Å². The molecule has 2 aromatic carbocycles. The number of anilines is 1. The lowest BCUT2D eigenvalue weighted by Gasteiger charge is -2.07. The summed E-state index contributed by atoms with van der Waals surface area (Å²) < 4.78 is 5.16. The third-order valence-corrected chi connectivity index (χ3v) is 3.62. The summed E-state index contributed by atoms with van der Waals surface area (Å²) in [6.07, 6.45) is 1.50. The Labute approximate surface area is 146 Å². The lowest BCUT2D eigenvalue weighted by molar-refractivity contribution is -0.112. The zero-order valence-electron chi connectivity index (χ0n) is 14.0. The highest BCUT2D eigenvalue weighted by Gasteiger charge is 2.10. The van der Waals surface area contributed by atoms with Crippen molar-refractivity contribution in [3.63, 3.8) is 0 Å².